The lowest BCUT2D eigenvalue weighted by atomic mass is 9.84. The third-order valence-corrected chi connectivity index (χ3v) is 4.18. The molecule has 0 aromatic heterocycles. The number of nitrogens with one attached hydrogen (secondary N) is 1. The summed E-state index contributed by atoms with van der Waals surface area (Å²) in [5, 5.41) is 3.05. The molecule has 3 nitrogen and oxygen atoms in total. The van der Waals surface area contributed by atoms with Gasteiger partial charge in [-0.15, -0.1) is 0 Å². The molecule has 0 spiro atoms. The van der Waals surface area contributed by atoms with E-state index in [1.54, 1.807) is 0 Å². The number of rotatable bonds is 9. The standard InChI is InChI=1S/C17H27BrN2O/c1-17(2,14-8-7-9-15(18)12-14)13-20-16(21)10-5-3-4-6-11-19/h7-9,12H,3-6,10-11,13,19H2,1-2H3,(H,20,21). The van der Waals surface area contributed by atoms with Gasteiger partial charge in [0, 0.05) is 22.9 Å². The first-order chi connectivity index (χ1) is 9.95. The Hall–Kier alpha value is -0.870. The van der Waals surface area contributed by atoms with Crippen molar-refractivity contribution in [1.29, 1.82) is 0 Å². The summed E-state index contributed by atoms with van der Waals surface area (Å²) in [6, 6.07) is 8.25. The lowest BCUT2D eigenvalue weighted by Gasteiger charge is -2.26. The van der Waals surface area contributed by atoms with Crippen LogP contribution in [0.4, 0.5) is 0 Å². The van der Waals surface area contributed by atoms with Crippen LogP contribution in [0.15, 0.2) is 28.7 Å². The second-order valence-corrected chi connectivity index (χ2v) is 7.04. The molecule has 1 amide bonds. The molecule has 0 aliphatic rings. The molecular weight excluding hydrogens is 328 g/mol. The molecule has 0 saturated heterocycles. The normalized spacial score (nSPS) is 11.4. The van der Waals surface area contributed by atoms with Crippen LogP contribution in [-0.2, 0) is 10.2 Å². The van der Waals surface area contributed by atoms with Gasteiger partial charge in [-0.1, -0.05) is 54.8 Å². The average Bonchev–Trinajstić information content (AvgIpc) is 2.45. The first-order valence-corrected chi connectivity index (χ1v) is 8.48. The van der Waals surface area contributed by atoms with Crippen LogP contribution in [0.25, 0.3) is 0 Å². The molecule has 0 radical (unpaired) electrons. The van der Waals surface area contributed by atoms with E-state index in [4.69, 9.17) is 5.73 Å². The molecular formula is C17H27BrN2O. The number of amides is 1. The summed E-state index contributed by atoms with van der Waals surface area (Å²) in [6.07, 6.45) is 4.81. The third-order valence-electron chi connectivity index (χ3n) is 3.69. The minimum atomic E-state index is -0.0704. The number of carbonyl (C=O) groups excluding carboxylic acids is 1. The van der Waals surface area contributed by atoms with Crippen molar-refractivity contribution in [2.75, 3.05) is 13.1 Å². The van der Waals surface area contributed by atoms with Gasteiger partial charge in [0.2, 0.25) is 5.91 Å². The lowest BCUT2D eigenvalue weighted by molar-refractivity contribution is -0.121. The number of unbranched alkanes of at least 4 members (excludes halogenated alkanes) is 3. The summed E-state index contributed by atoms with van der Waals surface area (Å²) >= 11 is 3.49. The van der Waals surface area contributed by atoms with Crippen LogP contribution in [0.2, 0.25) is 0 Å². The van der Waals surface area contributed by atoms with Crippen molar-refractivity contribution in [3.63, 3.8) is 0 Å². The Morgan fingerprint density at radius 2 is 1.95 bits per heavy atom. The van der Waals surface area contributed by atoms with Crippen LogP contribution in [0.3, 0.4) is 0 Å². The number of carbonyl (C=O) groups is 1. The van der Waals surface area contributed by atoms with Crippen LogP contribution in [0.1, 0.15) is 51.5 Å². The van der Waals surface area contributed by atoms with Crippen molar-refractivity contribution < 1.29 is 4.79 Å². The van der Waals surface area contributed by atoms with E-state index < -0.39 is 0 Å². The molecule has 0 aliphatic heterocycles. The van der Waals surface area contributed by atoms with E-state index in [0.29, 0.717) is 13.0 Å². The van der Waals surface area contributed by atoms with Gasteiger partial charge in [0.15, 0.2) is 0 Å². The van der Waals surface area contributed by atoms with Crippen LogP contribution >= 0.6 is 15.9 Å². The molecule has 0 heterocycles. The summed E-state index contributed by atoms with van der Waals surface area (Å²) in [4.78, 5) is 11.9. The Labute approximate surface area is 136 Å². The van der Waals surface area contributed by atoms with Crippen molar-refractivity contribution in [1.82, 2.24) is 5.32 Å². The fourth-order valence-corrected chi connectivity index (χ4v) is 2.60. The fourth-order valence-electron chi connectivity index (χ4n) is 2.20. The van der Waals surface area contributed by atoms with Gasteiger partial charge >= 0.3 is 0 Å². The highest BCUT2D eigenvalue weighted by Crippen LogP contribution is 2.25. The molecule has 4 heteroatoms. The number of halogens is 1. The fraction of sp³-hybridized carbons (Fsp3) is 0.588. The van der Waals surface area contributed by atoms with Crippen LogP contribution in [-0.4, -0.2) is 19.0 Å². The monoisotopic (exact) mass is 354 g/mol. The van der Waals surface area contributed by atoms with E-state index in [-0.39, 0.29) is 11.3 Å². The summed E-state index contributed by atoms with van der Waals surface area (Å²) < 4.78 is 1.07. The highest BCUT2D eigenvalue weighted by Gasteiger charge is 2.21. The van der Waals surface area contributed by atoms with Gasteiger partial charge in [0.25, 0.3) is 0 Å². The smallest absolute Gasteiger partial charge is 0.220 e. The van der Waals surface area contributed by atoms with E-state index >= 15 is 0 Å². The molecule has 0 bridgehead atoms. The molecule has 1 aromatic carbocycles. The number of benzene rings is 1. The van der Waals surface area contributed by atoms with E-state index in [0.717, 1.165) is 36.7 Å². The minimum absolute atomic E-state index is 0.0704. The zero-order valence-electron chi connectivity index (χ0n) is 13.1. The van der Waals surface area contributed by atoms with Gasteiger partial charge in [-0.25, -0.2) is 0 Å². The Kier molecular flexibility index (Phi) is 7.97. The zero-order chi connectivity index (χ0) is 15.7. The second kappa shape index (κ2) is 9.21. The number of hydrogen-bond acceptors (Lipinski definition) is 2. The van der Waals surface area contributed by atoms with Gasteiger partial charge in [-0.05, 0) is 37.1 Å². The summed E-state index contributed by atoms with van der Waals surface area (Å²) in [6.45, 7) is 5.70. The molecule has 1 aromatic rings. The molecule has 0 saturated carbocycles. The molecule has 118 valence electrons. The third kappa shape index (κ3) is 7.09. The molecule has 0 unspecified atom stereocenters. The van der Waals surface area contributed by atoms with Crippen molar-refractivity contribution in [2.45, 2.75) is 51.4 Å². The largest absolute Gasteiger partial charge is 0.355 e. The lowest BCUT2D eigenvalue weighted by Crippen LogP contribution is -2.36. The molecule has 21 heavy (non-hydrogen) atoms. The maximum Gasteiger partial charge on any atom is 0.220 e. The zero-order valence-corrected chi connectivity index (χ0v) is 14.7. The average molecular weight is 355 g/mol. The highest BCUT2D eigenvalue weighted by atomic mass is 79.9. The molecule has 3 N–H and O–H groups in total. The topological polar surface area (TPSA) is 55.1 Å². The molecule has 1 rings (SSSR count). The van der Waals surface area contributed by atoms with Gasteiger partial charge < -0.3 is 11.1 Å². The predicted molar refractivity (Wildman–Crippen MR) is 92.3 cm³/mol. The first-order valence-electron chi connectivity index (χ1n) is 7.68. The van der Waals surface area contributed by atoms with Crippen molar-refractivity contribution >= 4 is 21.8 Å². The Balaban J connectivity index is 2.34. The number of nitrogens with two attached hydrogens (primary N) is 1. The van der Waals surface area contributed by atoms with Crippen molar-refractivity contribution in [3.05, 3.63) is 34.3 Å². The van der Waals surface area contributed by atoms with Crippen molar-refractivity contribution in [2.24, 2.45) is 5.73 Å². The molecule has 0 aliphatic carbocycles. The van der Waals surface area contributed by atoms with Gasteiger partial charge in [0.05, 0.1) is 0 Å². The minimum Gasteiger partial charge on any atom is -0.355 e. The maximum absolute atomic E-state index is 11.9. The predicted octanol–water partition coefficient (Wildman–Crippen LogP) is 3.75. The van der Waals surface area contributed by atoms with E-state index in [1.807, 2.05) is 12.1 Å². The van der Waals surface area contributed by atoms with Crippen LogP contribution in [0, 0.1) is 0 Å². The first kappa shape index (κ1) is 18.2. The van der Waals surface area contributed by atoms with Gasteiger partial charge in [-0.3, -0.25) is 4.79 Å². The summed E-state index contributed by atoms with van der Waals surface area (Å²) in [7, 11) is 0. The Morgan fingerprint density at radius 3 is 2.62 bits per heavy atom. The van der Waals surface area contributed by atoms with Gasteiger partial charge in [0.1, 0.15) is 0 Å². The second-order valence-electron chi connectivity index (χ2n) is 6.12. The summed E-state index contributed by atoms with van der Waals surface area (Å²) in [5.74, 6) is 0.144. The number of hydrogen-bond donors (Lipinski definition) is 2. The van der Waals surface area contributed by atoms with Gasteiger partial charge in [-0.2, -0.15) is 0 Å². The van der Waals surface area contributed by atoms with Crippen LogP contribution in [0.5, 0.6) is 0 Å². The Morgan fingerprint density at radius 1 is 1.24 bits per heavy atom. The maximum atomic E-state index is 11.9. The SMILES string of the molecule is CC(C)(CNC(=O)CCCCCCN)c1cccc(Br)c1. The van der Waals surface area contributed by atoms with E-state index in [1.165, 1.54) is 5.56 Å². The summed E-state index contributed by atoms with van der Waals surface area (Å²) in [5.41, 5.74) is 6.60. The highest BCUT2D eigenvalue weighted by molar-refractivity contribution is 9.10. The van der Waals surface area contributed by atoms with Crippen LogP contribution < -0.4 is 11.1 Å². The van der Waals surface area contributed by atoms with Crippen molar-refractivity contribution in [3.8, 4) is 0 Å². The Bertz CT molecular complexity index is 446. The molecule has 0 fully saturated rings. The quantitative estimate of drug-likeness (QED) is 0.663. The van der Waals surface area contributed by atoms with E-state index in [2.05, 4.69) is 47.2 Å². The molecule has 0 atom stereocenters. The van der Waals surface area contributed by atoms with E-state index in [9.17, 15) is 4.79 Å².